The van der Waals surface area contributed by atoms with Gasteiger partial charge >= 0.3 is 0 Å². The van der Waals surface area contributed by atoms with Gasteiger partial charge in [0, 0.05) is 46.3 Å². The molecule has 322 valence electrons. The van der Waals surface area contributed by atoms with Crippen LogP contribution < -0.4 is 4.90 Å². The predicted molar refractivity (Wildman–Crippen MR) is 277 cm³/mol. The van der Waals surface area contributed by atoms with Crippen LogP contribution in [0.2, 0.25) is 0 Å². The third kappa shape index (κ3) is 6.67. The molecule has 2 nitrogen and oxygen atoms in total. The zero-order valence-corrected chi connectivity index (χ0v) is 37.5. The van der Waals surface area contributed by atoms with Gasteiger partial charge in [0.25, 0.3) is 0 Å². The number of likely N-dealkylation sites (tertiary alicyclic amines) is 1. The summed E-state index contributed by atoms with van der Waals surface area (Å²) in [5.74, 6) is 2.40. The maximum Gasteiger partial charge on any atom is 0.0566 e. The summed E-state index contributed by atoms with van der Waals surface area (Å²) in [6.45, 7) is 0. The first-order valence-electron chi connectivity index (χ1n) is 24.7. The maximum absolute atomic E-state index is 2.84. The van der Waals surface area contributed by atoms with E-state index in [9.17, 15) is 0 Å². The topological polar surface area (TPSA) is 6.48 Å². The first-order valence-corrected chi connectivity index (χ1v) is 24.7. The van der Waals surface area contributed by atoms with Gasteiger partial charge < -0.3 is 9.80 Å². The standard InChI is InChI=1S/C64H56N2/c1-2-20-48(21-3-1)66-63-30-13-12-29-59(63)61-41-47(34-39-64(61)66)46-19-14-18-45(40-46)43-32-35-49(36-33-43)65(62-31-15-17-44-16-4-5-22-51(44)62)50-37-38-58-56-27-9-8-25-54(56)52-23-6-7-24-53(52)55-26-10-11-28-57(55)60(58)42-50/h1-2,4-20,22-33,35-38,40,47,50,54,56,59,61,63-64H,3,21,34,39,41-42H2/t47?,50?,54?,56?,59?,61?,63-,64+/m1/s1. The van der Waals surface area contributed by atoms with Gasteiger partial charge in [0.05, 0.1) is 12.1 Å². The molecule has 66 heavy (non-hydrogen) atoms. The summed E-state index contributed by atoms with van der Waals surface area (Å²) in [6.07, 6.45) is 37.9. The van der Waals surface area contributed by atoms with Gasteiger partial charge in [-0.1, -0.05) is 194 Å². The summed E-state index contributed by atoms with van der Waals surface area (Å²) in [5, 5.41) is 2.54. The fraction of sp³-hybridized carbons (Fsp3) is 0.219. The maximum atomic E-state index is 2.84. The van der Waals surface area contributed by atoms with Gasteiger partial charge in [-0.3, -0.25) is 0 Å². The molecule has 8 atom stereocenters. The Morgan fingerprint density at radius 2 is 1.36 bits per heavy atom. The second kappa shape index (κ2) is 16.5. The Balaban J connectivity index is 0.837. The molecule has 0 radical (unpaired) electrons. The summed E-state index contributed by atoms with van der Waals surface area (Å²) in [6, 6.07) is 54.2. The number of hydrogen-bond acceptors (Lipinski definition) is 2. The average molecular weight is 853 g/mol. The lowest BCUT2D eigenvalue weighted by molar-refractivity contribution is 0.188. The molecular formula is C64H56N2. The van der Waals surface area contributed by atoms with Crippen LogP contribution in [0.25, 0.3) is 38.6 Å². The van der Waals surface area contributed by atoms with Crippen molar-refractivity contribution in [3.8, 4) is 22.3 Å². The summed E-state index contributed by atoms with van der Waals surface area (Å²) < 4.78 is 0. The van der Waals surface area contributed by atoms with Crippen molar-refractivity contribution >= 4 is 27.7 Å². The average Bonchev–Trinajstić information content (AvgIpc) is 3.73. The molecule has 1 heterocycles. The van der Waals surface area contributed by atoms with Crippen LogP contribution in [0.4, 0.5) is 11.4 Å². The second-order valence-electron chi connectivity index (χ2n) is 19.7. The molecule has 1 saturated carbocycles. The zero-order valence-electron chi connectivity index (χ0n) is 37.5. The lowest BCUT2D eigenvalue weighted by Gasteiger charge is -2.39. The van der Waals surface area contributed by atoms with Crippen LogP contribution in [0.15, 0.2) is 230 Å². The second-order valence-corrected chi connectivity index (χ2v) is 19.7. The molecule has 1 aliphatic heterocycles. The van der Waals surface area contributed by atoms with E-state index >= 15 is 0 Å². The lowest BCUT2D eigenvalue weighted by Crippen LogP contribution is -2.38. The molecule has 13 rings (SSSR count). The van der Waals surface area contributed by atoms with E-state index in [0.29, 0.717) is 29.8 Å². The largest absolute Gasteiger partial charge is 0.364 e. The summed E-state index contributed by atoms with van der Waals surface area (Å²) in [7, 11) is 0. The fourth-order valence-corrected chi connectivity index (χ4v) is 13.4. The van der Waals surface area contributed by atoms with Gasteiger partial charge in [0.2, 0.25) is 0 Å². The number of allylic oxidation sites excluding steroid dienone is 12. The quantitative estimate of drug-likeness (QED) is 0.165. The Morgan fingerprint density at radius 3 is 2.26 bits per heavy atom. The van der Waals surface area contributed by atoms with Crippen molar-refractivity contribution in [3.63, 3.8) is 0 Å². The number of fused-ring (bicyclic) bond motifs is 11. The van der Waals surface area contributed by atoms with Crippen molar-refractivity contribution in [2.45, 2.75) is 68.5 Å². The van der Waals surface area contributed by atoms with Crippen LogP contribution in [0, 0.1) is 17.8 Å². The molecule has 0 bridgehead atoms. The zero-order chi connectivity index (χ0) is 43.6. The highest BCUT2D eigenvalue weighted by atomic mass is 15.2. The van der Waals surface area contributed by atoms with E-state index < -0.39 is 0 Å². The van der Waals surface area contributed by atoms with Crippen LogP contribution in [0.1, 0.15) is 67.1 Å². The predicted octanol–water partition coefficient (Wildman–Crippen LogP) is 15.8. The fourth-order valence-electron chi connectivity index (χ4n) is 13.4. The normalized spacial score (nSPS) is 26.7. The minimum Gasteiger partial charge on any atom is -0.364 e. The molecular weight excluding hydrogens is 797 g/mol. The Morgan fingerprint density at radius 1 is 0.591 bits per heavy atom. The van der Waals surface area contributed by atoms with E-state index in [2.05, 4.69) is 228 Å². The highest BCUT2D eigenvalue weighted by molar-refractivity contribution is 5.97. The third-order valence-electron chi connectivity index (χ3n) is 16.3. The summed E-state index contributed by atoms with van der Waals surface area (Å²) >= 11 is 0. The number of benzene rings is 6. The van der Waals surface area contributed by atoms with E-state index in [1.54, 1.807) is 5.70 Å². The molecule has 0 amide bonds. The molecule has 7 aliphatic rings. The van der Waals surface area contributed by atoms with Crippen LogP contribution in [0.5, 0.6) is 0 Å². The van der Waals surface area contributed by atoms with Gasteiger partial charge in [0.1, 0.15) is 0 Å². The van der Waals surface area contributed by atoms with Gasteiger partial charge in [0.15, 0.2) is 0 Å². The third-order valence-corrected chi connectivity index (χ3v) is 16.3. The molecule has 6 aromatic rings. The molecule has 1 saturated heterocycles. The Bertz CT molecular complexity index is 3110. The Hall–Kier alpha value is -6.90. The molecule has 2 fully saturated rings. The van der Waals surface area contributed by atoms with Gasteiger partial charge in [-0.25, -0.2) is 0 Å². The number of rotatable bonds is 6. The minimum absolute atomic E-state index is 0.106. The van der Waals surface area contributed by atoms with Crippen LogP contribution in [0.3, 0.4) is 0 Å². The van der Waals surface area contributed by atoms with Crippen molar-refractivity contribution < 1.29 is 0 Å². The SMILES string of the molecule is C1=CCCC(N2[C@@H]3C=CC=CC3C3CC(c4cccc(-c5ccc(N(c6cccc7ccccc67)C6C=CC7=C(C6)c6ccccc6-c6ccccc6C6C=CC=CC76)cc5)c4)CC[C@@H]32)=C1. The molecule has 6 aliphatic carbocycles. The van der Waals surface area contributed by atoms with Crippen LogP contribution in [-0.4, -0.2) is 23.0 Å². The lowest BCUT2D eigenvalue weighted by atomic mass is 9.69. The van der Waals surface area contributed by atoms with Crippen molar-refractivity contribution in [3.05, 3.63) is 246 Å². The minimum atomic E-state index is 0.106. The molecule has 2 heteroatoms. The Kier molecular flexibility index (Phi) is 9.87. The van der Waals surface area contributed by atoms with E-state index in [1.807, 2.05) is 0 Å². The van der Waals surface area contributed by atoms with E-state index in [1.165, 1.54) is 97.9 Å². The highest BCUT2D eigenvalue weighted by Crippen LogP contribution is 2.53. The van der Waals surface area contributed by atoms with Gasteiger partial charge in [-0.15, -0.1) is 0 Å². The first kappa shape index (κ1) is 39.5. The Labute approximate surface area is 390 Å². The van der Waals surface area contributed by atoms with Gasteiger partial charge in [-0.2, -0.15) is 0 Å². The number of hydrogen-bond donors (Lipinski definition) is 0. The molecule has 0 spiro atoms. The smallest absolute Gasteiger partial charge is 0.0566 e. The van der Waals surface area contributed by atoms with E-state index in [4.69, 9.17) is 0 Å². The first-order chi connectivity index (χ1) is 32.7. The van der Waals surface area contributed by atoms with Crippen molar-refractivity contribution in [2.75, 3.05) is 4.90 Å². The monoisotopic (exact) mass is 852 g/mol. The number of anilines is 2. The van der Waals surface area contributed by atoms with Crippen LogP contribution in [-0.2, 0) is 0 Å². The van der Waals surface area contributed by atoms with Crippen molar-refractivity contribution in [2.24, 2.45) is 17.8 Å². The van der Waals surface area contributed by atoms with Crippen LogP contribution >= 0.6 is 0 Å². The van der Waals surface area contributed by atoms with E-state index in [-0.39, 0.29) is 17.9 Å². The van der Waals surface area contributed by atoms with Gasteiger partial charge in [-0.05, 0) is 130 Å². The molecule has 0 N–H and O–H groups in total. The molecule has 0 aromatic heterocycles. The molecule has 6 unspecified atom stereocenters. The molecule has 6 aromatic carbocycles. The van der Waals surface area contributed by atoms with Crippen molar-refractivity contribution in [1.29, 1.82) is 0 Å². The highest BCUT2D eigenvalue weighted by Gasteiger charge is 2.50. The summed E-state index contributed by atoms with van der Waals surface area (Å²) in [4.78, 5) is 5.46. The number of nitrogens with zero attached hydrogens (tertiary/aromatic N) is 2. The summed E-state index contributed by atoms with van der Waals surface area (Å²) in [5.41, 5.74) is 16.4. The van der Waals surface area contributed by atoms with E-state index in [0.717, 1.165) is 12.8 Å². The van der Waals surface area contributed by atoms with Crippen molar-refractivity contribution in [1.82, 2.24) is 4.90 Å².